The molecule has 1 aliphatic rings. The normalized spacial score (nSPS) is 20.8. The first-order valence-corrected chi connectivity index (χ1v) is 9.53. The van der Waals surface area contributed by atoms with Crippen LogP contribution in [0.5, 0.6) is 0 Å². The summed E-state index contributed by atoms with van der Waals surface area (Å²) in [5.41, 5.74) is 0. The molecule has 0 bridgehead atoms. The van der Waals surface area contributed by atoms with Crippen LogP contribution >= 0.6 is 0 Å². The van der Waals surface area contributed by atoms with Crippen LogP contribution in [0.3, 0.4) is 0 Å². The second-order valence-electron chi connectivity index (χ2n) is 7.06. The Balaban J connectivity index is 2.47. The summed E-state index contributed by atoms with van der Waals surface area (Å²) in [6.07, 6.45) is 2.37. The SMILES string of the molecule is CC(=O)NC1CCCCC1OCC(=O)N[C@@H](C)C(=O)N[C@H](CCC(=O)O)C(=O)O. The van der Waals surface area contributed by atoms with Crippen molar-refractivity contribution in [1.29, 1.82) is 0 Å². The summed E-state index contributed by atoms with van der Waals surface area (Å²) in [5, 5.41) is 25.1. The predicted octanol–water partition coefficient (Wildman–Crippen LogP) is -0.611. The molecule has 2 unspecified atom stereocenters. The molecule has 11 heteroatoms. The molecule has 0 aromatic carbocycles. The van der Waals surface area contributed by atoms with E-state index in [-0.39, 0.29) is 31.1 Å². The number of ether oxygens (including phenoxy) is 1. The summed E-state index contributed by atoms with van der Waals surface area (Å²) in [6, 6.07) is -2.56. The topological polar surface area (TPSA) is 171 Å². The Morgan fingerprint density at radius 2 is 1.72 bits per heavy atom. The molecule has 1 rings (SSSR count). The highest BCUT2D eigenvalue weighted by Gasteiger charge is 2.28. The Hall–Kier alpha value is -2.69. The van der Waals surface area contributed by atoms with E-state index >= 15 is 0 Å². The minimum Gasteiger partial charge on any atom is -0.481 e. The van der Waals surface area contributed by atoms with E-state index in [1.807, 2.05) is 0 Å². The lowest BCUT2D eigenvalue weighted by Crippen LogP contribution is -2.51. The fraction of sp³-hybridized carbons (Fsp3) is 0.722. The number of carboxylic acids is 2. The van der Waals surface area contributed by atoms with Crippen LogP contribution in [-0.4, -0.2) is 70.7 Å². The minimum atomic E-state index is -1.37. The van der Waals surface area contributed by atoms with E-state index in [0.29, 0.717) is 6.42 Å². The number of carbonyl (C=O) groups is 5. The highest BCUT2D eigenvalue weighted by atomic mass is 16.5. The van der Waals surface area contributed by atoms with E-state index in [4.69, 9.17) is 14.9 Å². The van der Waals surface area contributed by atoms with Crippen molar-refractivity contribution in [2.45, 2.75) is 76.6 Å². The van der Waals surface area contributed by atoms with Gasteiger partial charge in [-0.25, -0.2) is 4.79 Å². The van der Waals surface area contributed by atoms with Gasteiger partial charge in [-0.2, -0.15) is 0 Å². The van der Waals surface area contributed by atoms with Crippen LogP contribution in [0.15, 0.2) is 0 Å². The molecule has 0 saturated heterocycles. The molecule has 0 spiro atoms. The summed E-state index contributed by atoms with van der Waals surface area (Å²) >= 11 is 0. The Labute approximate surface area is 168 Å². The first-order chi connectivity index (χ1) is 13.6. The van der Waals surface area contributed by atoms with Crippen molar-refractivity contribution >= 4 is 29.7 Å². The zero-order valence-electron chi connectivity index (χ0n) is 16.6. The van der Waals surface area contributed by atoms with Gasteiger partial charge in [0.25, 0.3) is 0 Å². The molecule has 1 fully saturated rings. The van der Waals surface area contributed by atoms with Crippen molar-refractivity contribution in [2.75, 3.05) is 6.61 Å². The Bertz CT molecular complexity index is 624. The molecule has 3 amide bonds. The maximum atomic E-state index is 12.1. The van der Waals surface area contributed by atoms with Gasteiger partial charge in [0.15, 0.2) is 0 Å². The van der Waals surface area contributed by atoms with Gasteiger partial charge in [-0.15, -0.1) is 0 Å². The van der Waals surface area contributed by atoms with Gasteiger partial charge in [-0.3, -0.25) is 19.2 Å². The second-order valence-corrected chi connectivity index (χ2v) is 7.06. The molecule has 29 heavy (non-hydrogen) atoms. The highest BCUT2D eigenvalue weighted by molar-refractivity contribution is 5.90. The van der Waals surface area contributed by atoms with Crippen LogP contribution < -0.4 is 16.0 Å². The van der Waals surface area contributed by atoms with Crippen LogP contribution in [0.1, 0.15) is 52.4 Å². The number of hydrogen-bond donors (Lipinski definition) is 5. The molecule has 0 aromatic heterocycles. The van der Waals surface area contributed by atoms with Crippen LogP contribution in [0.25, 0.3) is 0 Å². The smallest absolute Gasteiger partial charge is 0.326 e. The third-order valence-corrected chi connectivity index (χ3v) is 4.55. The maximum Gasteiger partial charge on any atom is 0.326 e. The zero-order valence-corrected chi connectivity index (χ0v) is 16.6. The van der Waals surface area contributed by atoms with E-state index in [0.717, 1.165) is 19.3 Å². The molecule has 164 valence electrons. The van der Waals surface area contributed by atoms with E-state index in [1.165, 1.54) is 13.8 Å². The number of amides is 3. The molecule has 5 N–H and O–H groups in total. The van der Waals surface area contributed by atoms with Crippen LogP contribution in [0.4, 0.5) is 0 Å². The summed E-state index contributed by atoms with van der Waals surface area (Å²) in [6.45, 7) is 2.49. The number of aliphatic carboxylic acids is 2. The standard InChI is InChI=1S/C18H29N3O8/c1-10(17(26)21-13(18(27)28)7-8-16(24)25)19-15(23)9-29-14-6-4-3-5-12(14)20-11(2)22/h10,12-14H,3-9H2,1-2H3,(H,19,23)(H,20,22)(H,21,26)(H,24,25)(H,27,28)/t10-,12?,13+,14?/m0/s1. The van der Waals surface area contributed by atoms with Gasteiger partial charge in [0.2, 0.25) is 17.7 Å². The van der Waals surface area contributed by atoms with E-state index in [9.17, 15) is 24.0 Å². The lowest BCUT2D eigenvalue weighted by molar-refractivity contribution is -0.143. The van der Waals surface area contributed by atoms with E-state index in [1.54, 1.807) is 0 Å². The molecular weight excluding hydrogens is 386 g/mol. The summed E-state index contributed by atoms with van der Waals surface area (Å²) in [4.78, 5) is 57.1. The van der Waals surface area contributed by atoms with Crippen molar-refractivity contribution < 1.29 is 38.9 Å². The Kier molecular flexibility index (Phi) is 10.1. The quantitative estimate of drug-likeness (QED) is 0.297. The largest absolute Gasteiger partial charge is 0.481 e. The maximum absolute atomic E-state index is 12.1. The van der Waals surface area contributed by atoms with Crippen molar-refractivity contribution in [3.63, 3.8) is 0 Å². The number of nitrogens with one attached hydrogen (secondary N) is 3. The zero-order chi connectivity index (χ0) is 22.0. The van der Waals surface area contributed by atoms with Gasteiger partial charge < -0.3 is 30.9 Å². The summed E-state index contributed by atoms with van der Waals surface area (Å²) < 4.78 is 5.61. The molecule has 11 nitrogen and oxygen atoms in total. The third kappa shape index (κ3) is 9.37. The number of rotatable bonds is 11. The summed E-state index contributed by atoms with van der Waals surface area (Å²) in [5.74, 6) is -4.01. The van der Waals surface area contributed by atoms with Crippen molar-refractivity contribution in [3.8, 4) is 0 Å². The number of hydrogen-bond acceptors (Lipinski definition) is 6. The van der Waals surface area contributed by atoms with Gasteiger partial charge in [0.05, 0.1) is 12.1 Å². The molecular formula is C18H29N3O8. The molecule has 4 atom stereocenters. The predicted molar refractivity (Wildman–Crippen MR) is 99.9 cm³/mol. The average molecular weight is 415 g/mol. The fourth-order valence-electron chi connectivity index (χ4n) is 3.08. The first kappa shape index (κ1) is 24.3. The molecule has 0 radical (unpaired) electrons. The molecule has 0 heterocycles. The molecule has 1 saturated carbocycles. The van der Waals surface area contributed by atoms with Crippen molar-refractivity contribution in [2.24, 2.45) is 0 Å². The van der Waals surface area contributed by atoms with Crippen LogP contribution in [0, 0.1) is 0 Å². The first-order valence-electron chi connectivity index (χ1n) is 9.53. The second kappa shape index (κ2) is 12.0. The van der Waals surface area contributed by atoms with Gasteiger partial charge >= 0.3 is 11.9 Å². The van der Waals surface area contributed by atoms with E-state index in [2.05, 4.69) is 16.0 Å². The highest BCUT2D eigenvalue weighted by Crippen LogP contribution is 2.21. The van der Waals surface area contributed by atoms with Crippen molar-refractivity contribution in [1.82, 2.24) is 16.0 Å². The minimum absolute atomic E-state index is 0.166. The van der Waals surface area contributed by atoms with Gasteiger partial charge in [-0.05, 0) is 26.2 Å². The number of carboxylic acid groups (broad SMARTS) is 2. The Morgan fingerprint density at radius 3 is 2.31 bits per heavy atom. The van der Waals surface area contributed by atoms with E-state index < -0.39 is 42.3 Å². The monoisotopic (exact) mass is 415 g/mol. The van der Waals surface area contributed by atoms with Gasteiger partial charge in [0, 0.05) is 13.3 Å². The third-order valence-electron chi connectivity index (χ3n) is 4.55. The van der Waals surface area contributed by atoms with Crippen LogP contribution in [0.2, 0.25) is 0 Å². The number of carbonyl (C=O) groups excluding carboxylic acids is 3. The fourth-order valence-corrected chi connectivity index (χ4v) is 3.08. The lowest BCUT2D eigenvalue weighted by Gasteiger charge is -2.31. The lowest BCUT2D eigenvalue weighted by atomic mass is 9.92. The van der Waals surface area contributed by atoms with Crippen molar-refractivity contribution in [3.05, 3.63) is 0 Å². The summed E-state index contributed by atoms with van der Waals surface area (Å²) in [7, 11) is 0. The average Bonchev–Trinajstić information content (AvgIpc) is 2.63. The molecule has 1 aliphatic carbocycles. The molecule has 0 aliphatic heterocycles. The van der Waals surface area contributed by atoms with Crippen LogP contribution in [-0.2, 0) is 28.7 Å². The van der Waals surface area contributed by atoms with Gasteiger partial charge in [-0.1, -0.05) is 12.8 Å². The Morgan fingerprint density at radius 1 is 1.07 bits per heavy atom. The van der Waals surface area contributed by atoms with Gasteiger partial charge in [0.1, 0.15) is 18.7 Å². The molecule has 0 aromatic rings.